The van der Waals surface area contributed by atoms with E-state index in [9.17, 15) is 4.79 Å². The molecule has 1 heterocycles. The van der Waals surface area contributed by atoms with Crippen LogP contribution in [0.2, 0.25) is 5.02 Å². The SMILES string of the molecule is C=CCC1(CC2CC2)NC(=O)Nc2ccc(Cl)cc21. The highest BCUT2D eigenvalue weighted by molar-refractivity contribution is 6.30. The number of benzene rings is 1. The van der Waals surface area contributed by atoms with Crippen molar-refractivity contribution in [1.29, 1.82) is 0 Å². The van der Waals surface area contributed by atoms with Crippen LogP contribution in [0.25, 0.3) is 0 Å². The maximum absolute atomic E-state index is 11.9. The molecule has 1 aromatic carbocycles. The fourth-order valence-corrected chi connectivity index (χ4v) is 3.10. The summed E-state index contributed by atoms with van der Waals surface area (Å²) in [6, 6.07) is 5.50. The summed E-state index contributed by atoms with van der Waals surface area (Å²) in [5.74, 6) is 0.699. The van der Waals surface area contributed by atoms with Gasteiger partial charge in [0.15, 0.2) is 0 Å². The van der Waals surface area contributed by atoms with Gasteiger partial charge in [-0.2, -0.15) is 0 Å². The lowest BCUT2D eigenvalue weighted by molar-refractivity contribution is 0.226. The number of halogens is 1. The van der Waals surface area contributed by atoms with Crippen LogP contribution in [-0.4, -0.2) is 6.03 Å². The number of fused-ring (bicyclic) bond motifs is 1. The van der Waals surface area contributed by atoms with Gasteiger partial charge in [-0.05, 0) is 37.0 Å². The van der Waals surface area contributed by atoms with Crippen molar-refractivity contribution in [1.82, 2.24) is 5.32 Å². The summed E-state index contributed by atoms with van der Waals surface area (Å²) in [5, 5.41) is 6.65. The Morgan fingerprint density at radius 1 is 1.47 bits per heavy atom. The molecule has 1 saturated carbocycles. The number of hydrogen-bond donors (Lipinski definition) is 2. The molecular weight excluding hydrogens is 260 g/mol. The molecule has 1 aromatic rings. The van der Waals surface area contributed by atoms with Gasteiger partial charge in [-0.15, -0.1) is 6.58 Å². The van der Waals surface area contributed by atoms with E-state index < -0.39 is 0 Å². The molecule has 0 aromatic heterocycles. The zero-order valence-electron chi connectivity index (χ0n) is 10.7. The van der Waals surface area contributed by atoms with E-state index in [2.05, 4.69) is 17.2 Å². The normalized spacial score (nSPS) is 25.2. The van der Waals surface area contributed by atoms with E-state index in [-0.39, 0.29) is 11.6 Å². The van der Waals surface area contributed by atoms with Gasteiger partial charge < -0.3 is 10.6 Å². The Balaban J connectivity index is 2.08. The van der Waals surface area contributed by atoms with Crippen molar-refractivity contribution >= 4 is 23.3 Å². The Hall–Kier alpha value is -1.48. The van der Waals surface area contributed by atoms with Crippen LogP contribution in [0.5, 0.6) is 0 Å². The minimum Gasteiger partial charge on any atom is -0.328 e. The molecule has 0 bridgehead atoms. The second-order valence-corrected chi connectivity index (χ2v) is 5.93. The van der Waals surface area contributed by atoms with E-state index >= 15 is 0 Å². The minimum atomic E-state index is -0.356. The van der Waals surface area contributed by atoms with Crippen LogP contribution in [-0.2, 0) is 5.54 Å². The maximum atomic E-state index is 11.9. The predicted octanol–water partition coefficient (Wildman–Crippen LogP) is 4.05. The van der Waals surface area contributed by atoms with Gasteiger partial charge in [0, 0.05) is 16.3 Å². The second-order valence-electron chi connectivity index (χ2n) is 5.49. The summed E-state index contributed by atoms with van der Waals surface area (Å²) in [6.07, 6.45) is 6.05. The van der Waals surface area contributed by atoms with Crippen molar-refractivity contribution in [2.24, 2.45) is 5.92 Å². The monoisotopic (exact) mass is 276 g/mol. The summed E-state index contributed by atoms with van der Waals surface area (Å²) in [7, 11) is 0. The largest absolute Gasteiger partial charge is 0.328 e. The highest BCUT2D eigenvalue weighted by Gasteiger charge is 2.42. The van der Waals surface area contributed by atoms with Crippen LogP contribution in [0.1, 0.15) is 31.2 Å². The molecule has 3 rings (SSSR count). The molecule has 100 valence electrons. The molecule has 0 radical (unpaired) electrons. The lowest BCUT2D eigenvalue weighted by atomic mass is 9.79. The highest BCUT2D eigenvalue weighted by atomic mass is 35.5. The van der Waals surface area contributed by atoms with Gasteiger partial charge in [-0.25, -0.2) is 4.79 Å². The lowest BCUT2D eigenvalue weighted by Crippen LogP contribution is -2.51. The molecule has 2 aliphatic rings. The molecule has 4 heteroatoms. The van der Waals surface area contributed by atoms with Gasteiger partial charge in [0.2, 0.25) is 0 Å². The first-order valence-electron chi connectivity index (χ1n) is 6.63. The standard InChI is InChI=1S/C15H17ClN2O/c1-2-7-15(9-10-3-4-10)12-8-11(16)5-6-13(12)17-14(19)18-15/h2,5-6,8,10H,1,3-4,7,9H2,(H2,17,18,19). The van der Waals surface area contributed by atoms with Gasteiger partial charge >= 0.3 is 6.03 Å². The molecule has 2 amide bonds. The summed E-state index contributed by atoms with van der Waals surface area (Å²) < 4.78 is 0. The number of carbonyl (C=O) groups is 1. The first-order valence-corrected chi connectivity index (χ1v) is 7.01. The predicted molar refractivity (Wildman–Crippen MR) is 77.4 cm³/mol. The molecule has 2 N–H and O–H groups in total. The molecular formula is C15H17ClN2O. The fourth-order valence-electron chi connectivity index (χ4n) is 2.93. The van der Waals surface area contributed by atoms with Gasteiger partial charge in [-0.3, -0.25) is 0 Å². The number of nitrogens with one attached hydrogen (secondary N) is 2. The van der Waals surface area contributed by atoms with E-state index in [1.807, 2.05) is 24.3 Å². The third kappa shape index (κ3) is 2.35. The second kappa shape index (κ2) is 4.57. The fraction of sp³-hybridized carbons (Fsp3) is 0.400. The van der Waals surface area contributed by atoms with Crippen LogP contribution in [0.15, 0.2) is 30.9 Å². The molecule has 1 aliphatic heterocycles. The van der Waals surface area contributed by atoms with Gasteiger partial charge in [0.25, 0.3) is 0 Å². The van der Waals surface area contributed by atoms with Gasteiger partial charge in [0.1, 0.15) is 0 Å². The van der Waals surface area contributed by atoms with Crippen LogP contribution in [0.3, 0.4) is 0 Å². The molecule has 1 fully saturated rings. The molecule has 1 atom stereocenters. The van der Waals surface area contributed by atoms with Crippen LogP contribution in [0.4, 0.5) is 10.5 Å². The van der Waals surface area contributed by atoms with Gasteiger partial charge in [-0.1, -0.05) is 30.5 Å². The zero-order chi connectivity index (χ0) is 13.5. The number of rotatable bonds is 4. The first kappa shape index (κ1) is 12.5. The molecule has 1 unspecified atom stereocenters. The van der Waals surface area contributed by atoms with Crippen molar-refractivity contribution in [3.05, 3.63) is 41.4 Å². The number of carbonyl (C=O) groups excluding carboxylic acids is 1. The van der Waals surface area contributed by atoms with Crippen molar-refractivity contribution in [2.75, 3.05) is 5.32 Å². The Kier molecular flexibility index (Phi) is 3.02. The molecule has 19 heavy (non-hydrogen) atoms. The highest BCUT2D eigenvalue weighted by Crippen LogP contribution is 2.46. The van der Waals surface area contributed by atoms with Gasteiger partial charge in [0.05, 0.1) is 5.54 Å². The topological polar surface area (TPSA) is 41.1 Å². The molecule has 3 nitrogen and oxygen atoms in total. The summed E-state index contributed by atoms with van der Waals surface area (Å²) >= 11 is 6.13. The lowest BCUT2D eigenvalue weighted by Gasteiger charge is -2.40. The van der Waals surface area contributed by atoms with Crippen LogP contribution in [0, 0.1) is 5.92 Å². The number of urea groups is 1. The first-order chi connectivity index (χ1) is 9.13. The summed E-state index contributed by atoms with van der Waals surface area (Å²) in [5.41, 5.74) is 1.58. The molecule has 0 saturated heterocycles. The van der Waals surface area contributed by atoms with Crippen molar-refractivity contribution in [3.63, 3.8) is 0 Å². The molecule has 1 aliphatic carbocycles. The third-order valence-electron chi connectivity index (χ3n) is 3.93. The minimum absolute atomic E-state index is 0.141. The van der Waals surface area contributed by atoms with Crippen LogP contribution < -0.4 is 10.6 Å². The smallest absolute Gasteiger partial charge is 0.319 e. The van der Waals surface area contributed by atoms with E-state index in [0.717, 1.165) is 24.1 Å². The maximum Gasteiger partial charge on any atom is 0.319 e. The van der Waals surface area contributed by atoms with Crippen LogP contribution >= 0.6 is 11.6 Å². The summed E-state index contributed by atoms with van der Waals surface area (Å²) in [4.78, 5) is 11.9. The number of hydrogen-bond acceptors (Lipinski definition) is 1. The number of amides is 2. The van der Waals surface area contributed by atoms with E-state index in [4.69, 9.17) is 11.6 Å². The average molecular weight is 277 g/mol. The molecule has 0 spiro atoms. The van der Waals surface area contributed by atoms with Crippen molar-refractivity contribution < 1.29 is 4.79 Å². The third-order valence-corrected chi connectivity index (χ3v) is 4.16. The Labute approximate surface area is 118 Å². The Morgan fingerprint density at radius 3 is 2.95 bits per heavy atom. The number of anilines is 1. The van der Waals surface area contributed by atoms with E-state index in [1.54, 1.807) is 0 Å². The van der Waals surface area contributed by atoms with E-state index in [1.165, 1.54) is 12.8 Å². The van der Waals surface area contributed by atoms with E-state index in [0.29, 0.717) is 10.9 Å². The Bertz CT molecular complexity index is 539. The Morgan fingerprint density at radius 2 is 2.26 bits per heavy atom. The quantitative estimate of drug-likeness (QED) is 0.801. The average Bonchev–Trinajstić information content (AvgIpc) is 3.14. The van der Waals surface area contributed by atoms with Crippen molar-refractivity contribution in [2.45, 2.75) is 31.2 Å². The van der Waals surface area contributed by atoms with Crippen molar-refractivity contribution in [3.8, 4) is 0 Å². The zero-order valence-corrected chi connectivity index (χ0v) is 11.5. The summed E-state index contributed by atoms with van der Waals surface area (Å²) in [6.45, 7) is 3.84.